The van der Waals surface area contributed by atoms with E-state index in [1.807, 2.05) is 12.4 Å². The number of aromatic nitrogens is 2. The zero-order valence-electron chi connectivity index (χ0n) is 10.1. The Kier molecular flexibility index (Phi) is 4.51. The molecule has 1 atom stereocenters. The second-order valence-electron chi connectivity index (χ2n) is 4.38. The Morgan fingerprint density at radius 3 is 2.94 bits per heavy atom. The van der Waals surface area contributed by atoms with Gasteiger partial charge in [0.25, 0.3) is 0 Å². The molecule has 1 unspecified atom stereocenters. The molecule has 0 aromatic carbocycles. The van der Waals surface area contributed by atoms with Crippen LogP contribution < -0.4 is 5.73 Å². The van der Waals surface area contributed by atoms with E-state index in [4.69, 9.17) is 11.0 Å². The average Bonchev–Trinajstić information content (AvgIpc) is 2.72. The van der Waals surface area contributed by atoms with Crippen LogP contribution in [0.15, 0.2) is 12.4 Å². The van der Waals surface area contributed by atoms with Crippen LogP contribution in [0.25, 0.3) is 0 Å². The predicted molar refractivity (Wildman–Crippen MR) is 63.7 cm³/mol. The summed E-state index contributed by atoms with van der Waals surface area (Å²) in [5, 5.41) is 8.77. The quantitative estimate of drug-likeness (QED) is 0.744. The molecule has 0 saturated heterocycles. The van der Waals surface area contributed by atoms with Gasteiger partial charge in [0.1, 0.15) is 11.4 Å². The van der Waals surface area contributed by atoms with Gasteiger partial charge in [-0.15, -0.1) is 0 Å². The van der Waals surface area contributed by atoms with Crippen LogP contribution in [0.1, 0.15) is 38.9 Å². The molecule has 88 valence electrons. The van der Waals surface area contributed by atoms with Crippen LogP contribution in [0, 0.1) is 11.3 Å². The molecule has 0 radical (unpaired) electrons. The number of rotatable bonds is 6. The van der Waals surface area contributed by atoms with Crippen molar-refractivity contribution in [3.63, 3.8) is 0 Å². The van der Waals surface area contributed by atoms with E-state index in [1.165, 1.54) is 0 Å². The Balaban J connectivity index is 2.29. The first-order chi connectivity index (χ1) is 7.59. The lowest BCUT2D eigenvalue weighted by Crippen LogP contribution is -2.33. The smallest absolute Gasteiger partial charge is 0.108 e. The Hall–Kier alpha value is -1.34. The molecule has 0 saturated carbocycles. The molecule has 0 fully saturated rings. The molecule has 1 rings (SSSR count). The van der Waals surface area contributed by atoms with E-state index in [-0.39, 0.29) is 0 Å². The Morgan fingerprint density at radius 1 is 1.56 bits per heavy atom. The van der Waals surface area contributed by atoms with Gasteiger partial charge in [-0.25, -0.2) is 4.98 Å². The first-order valence-electron chi connectivity index (χ1n) is 5.79. The van der Waals surface area contributed by atoms with Crippen LogP contribution in [0.3, 0.4) is 0 Å². The van der Waals surface area contributed by atoms with Gasteiger partial charge in [-0.05, 0) is 26.2 Å². The fraction of sp³-hybridized carbons (Fsp3) is 0.667. The number of nitriles is 1. The van der Waals surface area contributed by atoms with Crippen LogP contribution in [0.4, 0.5) is 0 Å². The zero-order valence-corrected chi connectivity index (χ0v) is 10.1. The second kappa shape index (κ2) is 5.66. The van der Waals surface area contributed by atoms with E-state index in [0.29, 0.717) is 0 Å². The molecule has 16 heavy (non-hydrogen) atoms. The highest BCUT2D eigenvalue weighted by Gasteiger charge is 2.15. The number of hydrogen-bond acceptors (Lipinski definition) is 3. The van der Waals surface area contributed by atoms with Crippen molar-refractivity contribution in [1.29, 1.82) is 5.26 Å². The Labute approximate surface area is 97.1 Å². The average molecular weight is 220 g/mol. The van der Waals surface area contributed by atoms with Crippen molar-refractivity contribution >= 4 is 0 Å². The number of nitrogens with zero attached hydrogens (tertiary/aromatic N) is 3. The fourth-order valence-electron chi connectivity index (χ4n) is 1.69. The van der Waals surface area contributed by atoms with Crippen molar-refractivity contribution in [3.8, 4) is 6.07 Å². The highest BCUT2D eigenvalue weighted by atomic mass is 15.1. The summed E-state index contributed by atoms with van der Waals surface area (Å²) in [6.07, 6.45) is 7.56. The van der Waals surface area contributed by atoms with Crippen LogP contribution in [0.2, 0.25) is 0 Å². The maximum Gasteiger partial charge on any atom is 0.108 e. The largest absolute Gasteiger partial charge is 0.335 e. The van der Waals surface area contributed by atoms with Crippen LogP contribution in [-0.4, -0.2) is 15.1 Å². The zero-order chi connectivity index (χ0) is 12.0. The first-order valence-corrected chi connectivity index (χ1v) is 5.79. The minimum atomic E-state index is -0.678. The highest BCUT2D eigenvalue weighted by molar-refractivity contribution is 5.00. The molecule has 0 aliphatic heterocycles. The minimum Gasteiger partial charge on any atom is -0.335 e. The molecule has 0 aliphatic carbocycles. The molecule has 0 bridgehead atoms. The Bertz CT molecular complexity index is 359. The minimum absolute atomic E-state index is 0.678. The summed E-state index contributed by atoms with van der Waals surface area (Å²) >= 11 is 0. The Morgan fingerprint density at radius 2 is 2.31 bits per heavy atom. The summed E-state index contributed by atoms with van der Waals surface area (Å²) in [4.78, 5) is 4.26. The van der Waals surface area contributed by atoms with Crippen LogP contribution in [0.5, 0.6) is 0 Å². The van der Waals surface area contributed by atoms with E-state index >= 15 is 0 Å². The van der Waals surface area contributed by atoms with Gasteiger partial charge >= 0.3 is 0 Å². The van der Waals surface area contributed by atoms with Crippen molar-refractivity contribution < 1.29 is 0 Å². The third-order valence-electron chi connectivity index (χ3n) is 2.72. The SMILES string of the molecule is CCc1nccn1CCCCC(C)(N)C#N. The topological polar surface area (TPSA) is 67.6 Å². The first kappa shape index (κ1) is 12.7. The van der Waals surface area contributed by atoms with Crippen molar-refractivity contribution in [2.24, 2.45) is 5.73 Å². The number of imidazole rings is 1. The molecule has 0 aliphatic rings. The van der Waals surface area contributed by atoms with Crippen LogP contribution >= 0.6 is 0 Å². The van der Waals surface area contributed by atoms with Gasteiger partial charge in [0.2, 0.25) is 0 Å². The van der Waals surface area contributed by atoms with Gasteiger partial charge in [-0.1, -0.05) is 6.92 Å². The summed E-state index contributed by atoms with van der Waals surface area (Å²) in [5.41, 5.74) is 5.07. The van der Waals surface area contributed by atoms with Gasteiger partial charge in [0, 0.05) is 25.4 Å². The van der Waals surface area contributed by atoms with Crippen molar-refractivity contribution in [2.75, 3.05) is 0 Å². The lowest BCUT2D eigenvalue weighted by molar-refractivity contribution is 0.484. The van der Waals surface area contributed by atoms with E-state index in [1.54, 1.807) is 6.92 Å². The number of aryl methyl sites for hydroxylation is 2. The van der Waals surface area contributed by atoms with Crippen molar-refractivity contribution in [2.45, 2.75) is 51.6 Å². The summed E-state index contributed by atoms with van der Waals surface area (Å²) < 4.78 is 2.17. The molecule has 1 aromatic rings. The maximum absolute atomic E-state index is 8.77. The van der Waals surface area contributed by atoms with Gasteiger partial charge in [0.15, 0.2) is 0 Å². The third kappa shape index (κ3) is 3.67. The van der Waals surface area contributed by atoms with Crippen molar-refractivity contribution in [1.82, 2.24) is 9.55 Å². The van der Waals surface area contributed by atoms with Gasteiger partial charge in [-0.3, -0.25) is 0 Å². The monoisotopic (exact) mass is 220 g/mol. The van der Waals surface area contributed by atoms with E-state index in [9.17, 15) is 0 Å². The molecule has 2 N–H and O–H groups in total. The number of unbranched alkanes of at least 4 members (excludes halogenated alkanes) is 1. The number of hydrogen-bond donors (Lipinski definition) is 1. The highest BCUT2D eigenvalue weighted by Crippen LogP contribution is 2.10. The normalized spacial score (nSPS) is 14.4. The van der Waals surface area contributed by atoms with Gasteiger partial charge < -0.3 is 10.3 Å². The molecule has 1 aromatic heterocycles. The van der Waals surface area contributed by atoms with Gasteiger partial charge in [-0.2, -0.15) is 5.26 Å². The molecule has 0 amide bonds. The summed E-state index contributed by atoms with van der Waals surface area (Å²) in [5.74, 6) is 1.12. The lowest BCUT2D eigenvalue weighted by atomic mass is 9.98. The molecule has 0 spiro atoms. The maximum atomic E-state index is 8.77. The standard InChI is InChI=1S/C12H20N4/c1-3-11-15-7-9-16(11)8-5-4-6-12(2,14)10-13/h7,9H,3-6,8,14H2,1-2H3. The van der Waals surface area contributed by atoms with Gasteiger partial charge in [0.05, 0.1) is 6.07 Å². The van der Waals surface area contributed by atoms with E-state index < -0.39 is 5.54 Å². The molecule has 4 heteroatoms. The summed E-state index contributed by atoms with van der Waals surface area (Å²) in [6.45, 7) is 4.85. The number of nitrogens with two attached hydrogens (primary N) is 1. The second-order valence-corrected chi connectivity index (χ2v) is 4.38. The molecule has 4 nitrogen and oxygen atoms in total. The molecular formula is C12H20N4. The third-order valence-corrected chi connectivity index (χ3v) is 2.72. The fourth-order valence-corrected chi connectivity index (χ4v) is 1.69. The van der Waals surface area contributed by atoms with E-state index in [0.717, 1.165) is 38.1 Å². The van der Waals surface area contributed by atoms with Crippen LogP contribution in [-0.2, 0) is 13.0 Å². The summed E-state index contributed by atoms with van der Waals surface area (Å²) in [6, 6.07) is 2.12. The molecule has 1 heterocycles. The summed E-state index contributed by atoms with van der Waals surface area (Å²) in [7, 11) is 0. The predicted octanol–water partition coefficient (Wildman–Crippen LogP) is 1.86. The van der Waals surface area contributed by atoms with E-state index in [2.05, 4.69) is 22.5 Å². The molecular weight excluding hydrogens is 200 g/mol. The lowest BCUT2D eigenvalue weighted by Gasteiger charge is -2.14. The van der Waals surface area contributed by atoms with Crippen molar-refractivity contribution in [3.05, 3.63) is 18.2 Å².